The Morgan fingerprint density at radius 3 is 2.64 bits per heavy atom. The van der Waals surface area contributed by atoms with Crippen LogP contribution in [-0.2, 0) is 31.9 Å². The molecule has 5 rings (SSSR count). The van der Waals surface area contributed by atoms with Crippen LogP contribution in [0.4, 0.5) is 0 Å². The third-order valence-electron chi connectivity index (χ3n) is 6.20. The van der Waals surface area contributed by atoms with E-state index < -0.39 is 0 Å². The summed E-state index contributed by atoms with van der Waals surface area (Å²) < 4.78 is 5.34. The zero-order valence-electron chi connectivity index (χ0n) is 20.5. The van der Waals surface area contributed by atoms with Crippen LogP contribution in [0.2, 0.25) is 0 Å². The molecule has 36 heavy (non-hydrogen) atoms. The highest BCUT2D eigenvalue weighted by molar-refractivity contribution is 7.99. The second kappa shape index (κ2) is 9.57. The van der Waals surface area contributed by atoms with Crippen molar-refractivity contribution < 1.29 is 4.79 Å². The Morgan fingerprint density at radius 1 is 1.03 bits per heavy atom. The zero-order valence-corrected chi connectivity index (χ0v) is 21.3. The van der Waals surface area contributed by atoms with E-state index >= 15 is 0 Å². The second-order valence-corrected chi connectivity index (χ2v) is 9.63. The third-order valence-corrected chi connectivity index (χ3v) is 7.22. The number of nitrogens with one attached hydrogen (secondary N) is 1. The molecule has 0 aliphatic carbocycles. The molecule has 0 saturated heterocycles. The maximum atomic E-state index is 13.1. The van der Waals surface area contributed by atoms with Crippen LogP contribution in [0.15, 0.2) is 52.5 Å². The molecule has 0 atom stereocenters. The van der Waals surface area contributed by atoms with Gasteiger partial charge >= 0.3 is 0 Å². The normalized spacial score (nSPS) is 11.4. The summed E-state index contributed by atoms with van der Waals surface area (Å²) in [7, 11) is 3.77. The van der Waals surface area contributed by atoms with Crippen molar-refractivity contribution in [3.63, 3.8) is 0 Å². The number of benzene rings is 1. The maximum Gasteiger partial charge on any atom is 0.261 e. The Morgan fingerprint density at radius 2 is 1.83 bits per heavy atom. The molecule has 1 aromatic carbocycles. The van der Waals surface area contributed by atoms with Gasteiger partial charge in [-0.15, -0.1) is 10.2 Å². The van der Waals surface area contributed by atoms with E-state index in [1.54, 1.807) is 10.6 Å². The lowest BCUT2D eigenvalue weighted by Crippen LogP contribution is -2.26. The summed E-state index contributed by atoms with van der Waals surface area (Å²) in [6, 6.07) is 11.6. The minimum absolute atomic E-state index is 0.115. The number of carbonyl (C=O) groups excluding carboxylic acids is 1. The van der Waals surface area contributed by atoms with E-state index in [-0.39, 0.29) is 17.2 Å². The summed E-state index contributed by atoms with van der Waals surface area (Å²) in [6.45, 7) is 4.14. The smallest absolute Gasteiger partial charge is 0.261 e. The van der Waals surface area contributed by atoms with Crippen molar-refractivity contribution in [1.82, 2.24) is 39.0 Å². The molecule has 0 saturated carbocycles. The Hall–Kier alpha value is -3.99. The summed E-state index contributed by atoms with van der Waals surface area (Å²) >= 11 is 1.29. The Labute approximate surface area is 211 Å². The lowest BCUT2D eigenvalue weighted by molar-refractivity contribution is -0.118. The van der Waals surface area contributed by atoms with Crippen molar-refractivity contribution in [2.24, 2.45) is 14.1 Å². The van der Waals surface area contributed by atoms with Crippen LogP contribution in [0, 0.1) is 13.8 Å². The van der Waals surface area contributed by atoms with E-state index in [0.29, 0.717) is 40.9 Å². The highest BCUT2D eigenvalue weighted by Gasteiger charge is 2.17. The molecule has 11 heteroatoms. The quantitative estimate of drug-likeness (QED) is 0.340. The summed E-state index contributed by atoms with van der Waals surface area (Å²) in [4.78, 5) is 34.7. The molecule has 0 bridgehead atoms. The predicted octanol–water partition coefficient (Wildman–Crippen LogP) is 2.33. The first-order valence-corrected chi connectivity index (χ1v) is 12.5. The Balaban J connectivity index is 1.24. The number of amides is 1. The number of thioether (sulfide) groups is 1. The number of aryl methyl sites for hydroxylation is 3. The molecule has 1 N–H and O–H groups in total. The van der Waals surface area contributed by atoms with Crippen LogP contribution >= 0.6 is 11.8 Å². The molecule has 5 aromatic rings. The maximum absolute atomic E-state index is 13.1. The standard InChI is InChI=1S/C25H26N8O2S/c1-15-9-10-33-20(11-15)27-16(2)17(24(33)35)12-21-29-30-25(32(21)4)36-14-23(34)26-13-22-28-18-7-5-6-8-19(18)31(22)3/h5-11H,12-14H2,1-4H3,(H,26,34). The highest BCUT2D eigenvalue weighted by Crippen LogP contribution is 2.18. The lowest BCUT2D eigenvalue weighted by atomic mass is 10.1. The molecule has 4 aromatic heterocycles. The molecule has 4 heterocycles. The molecule has 0 spiro atoms. The summed E-state index contributed by atoms with van der Waals surface area (Å²) in [6.07, 6.45) is 2.05. The lowest BCUT2D eigenvalue weighted by Gasteiger charge is -2.09. The van der Waals surface area contributed by atoms with Gasteiger partial charge in [0.05, 0.1) is 23.3 Å². The van der Waals surface area contributed by atoms with Crippen molar-refractivity contribution in [2.45, 2.75) is 32.0 Å². The zero-order chi connectivity index (χ0) is 25.4. The van der Waals surface area contributed by atoms with Crippen LogP contribution in [0.1, 0.15) is 28.5 Å². The minimum atomic E-state index is -0.125. The number of fused-ring (bicyclic) bond motifs is 2. The van der Waals surface area contributed by atoms with E-state index in [1.165, 1.54) is 11.8 Å². The van der Waals surface area contributed by atoms with Gasteiger partial charge in [0.15, 0.2) is 5.16 Å². The van der Waals surface area contributed by atoms with Gasteiger partial charge in [0.2, 0.25) is 5.91 Å². The average Bonchev–Trinajstić information content (AvgIpc) is 3.37. The molecule has 0 unspecified atom stereocenters. The third kappa shape index (κ3) is 4.49. The van der Waals surface area contributed by atoms with Crippen LogP contribution < -0.4 is 10.9 Å². The predicted molar refractivity (Wildman–Crippen MR) is 138 cm³/mol. The van der Waals surface area contributed by atoms with Gasteiger partial charge in [0.25, 0.3) is 5.56 Å². The van der Waals surface area contributed by atoms with Gasteiger partial charge in [-0.25, -0.2) is 9.97 Å². The number of rotatable bonds is 7. The number of aromatic nitrogens is 7. The molecular weight excluding hydrogens is 476 g/mol. The van der Waals surface area contributed by atoms with Crippen molar-refractivity contribution in [1.29, 1.82) is 0 Å². The van der Waals surface area contributed by atoms with Gasteiger partial charge in [-0.2, -0.15) is 0 Å². The largest absolute Gasteiger partial charge is 0.348 e. The summed E-state index contributed by atoms with van der Waals surface area (Å²) in [5.41, 5.74) is 4.72. The molecule has 1 amide bonds. The fraction of sp³-hybridized carbons (Fsp3) is 0.280. The van der Waals surface area contributed by atoms with Gasteiger partial charge in [-0.3, -0.25) is 14.0 Å². The molecular formula is C25H26N8O2S. The number of carbonyl (C=O) groups is 1. The second-order valence-electron chi connectivity index (χ2n) is 8.69. The average molecular weight is 503 g/mol. The fourth-order valence-corrected chi connectivity index (χ4v) is 4.85. The van der Waals surface area contributed by atoms with Gasteiger partial charge in [-0.05, 0) is 43.7 Å². The van der Waals surface area contributed by atoms with Crippen LogP contribution in [-0.4, -0.2) is 45.4 Å². The van der Waals surface area contributed by atoms with Gasteiger partial charge < -0.3 is 14.5 Å². The summed E-state index contributed by atoms with van der Waals surface area (Å²) in [5.74, 6) is 1.48. The van der Waals surface area contributed by atoms with Gasteiger partial charge in [0.1, 0.15) is 17.3 Å². The van der Waals surface area contributed by atoms with Gasteiger partial charge in [-0.1, -0.05) is 23.9 Å². The fourth-order valence-electron chi connectivity index (χ4n) is 4.09. The van der Waals surface area contributed by atoms with E-state index in [2.05, 4.69) is 25.5 Å². The van der Waals surface area contributed by atoms with E-state index in [9.17, 15) is 9.59 Å². The monoisotopic (exact) mass is 502 g/mol. The van der Waals surface area contributed by atoms with Crippen molar-refractivity contribution in [3.8, 4) is 0 Å². The van der Waals surface area contributed by atoms with E-state index in [1.807, 2.05) is 73.5 Å². The molecule has 0 fully saturated rings. The first kappa shape index (κ1) is 23.7. The molecule has 0 aliphatic rings. The number of hydrogen-bond donors (Lipinski definition) is 1. The number of nitrogens with zero attached hydrogens (tertiary/aromatic N) is 7. The number of para-hydroxylation sites is 2. The molecule has 184 valence electrons. The SMILES string of the molecule is Cc1ccn2c(=O)c(Cc3nnc(SCC(=O)NCc4nc5ccccc5n4C)n3C)c(C)nc2c1. The van der Waals surface area contributed by atoms with Gasteiger partial charge in [0, 0.05) is 38.0 Å². The van der Waals surface area contributed by atoms with E-state index in [4.69, 9.17) is 0 Å². The van der Waals surface area contributed by atoms with Crippen LogP contribution in [0.5, 0.6) is 0 Å². The molecule has 0 aliphatic heterocycles. The molecule has 0 radical (unpaired) electrons. The number of hydrogen-bond acceptors (Lipinski definition) is 7. The van der Waals surface area contributed by atoms with Crippen LogP contribution in [0.3, 0.4) is 0 Å². The topological polar surface area (TPSA) is 112 Å². The minimum Gasteiger partial charge on any atom is -0.348 e. The summed E-state index contributed by atoms with van der Waals surface area (Å²) in [5, 5.41) is 12.0. The molecule has 10 nitrogen and oxygen atoms in total. The van der Waals surface area contributed by atoms with Crippen molar-refractivity contribution in [3.05, 3.63) is 81.4 Å². The first-order chi connectivity index (χ1) is 17.3. The Kier molecular flexibility index (Phi) is 6.31. The van der Waals surface area contributed by atoms with Crippen molar-refractivity contribution >= 4 is 34.3 Å². The van der Waals surface area contributed by atoms with Crippen LogP contribution in [0.25, 0.3) is 16.7 Å². The first-order valence-electron chi connectivity index (χ1n) is 11.5. The van der Waals surface area contributed by atoms with E-state index in [0.717, 1.165) is 22.4 Å². The Bertz CT molecular complexity index is 1670. The number of pyridine rings is 1. The van der Waals surface area contributed by atoms with Crippen molar-refractivity contribution in [2.75, 3.05) is 5.75 Å². The highest BCUT2D eigenvalue weighted by atomic mass is 32.2. The number of imidazole rings is 1.